The second kappa shape index (κ2) is 13.4. The van der Waals surface area contributed by atoms with Crippen molar-refractivity contribution >= 4 is 35.2 Å². The van der Waals surface area contributed by atoms with Gasteiger partial charge in [0, 0.05) is 22.5 Å². The summed E-state index contributed by atoms with van der Waals surface area (Å²) in [6, 6.07) is 20.6. The van der Waals surface area contributed by atoms with Gasteiger partial charge >= 0.3 is 0 Å². The molecule has 9 heteroatoms. The molecule has 8 nitrogen and oxygen atoms in total. The van der Waals surface area contributed by atoms with E-state index >= 15 is 0 Å². The third-order valence-corrected chi connectivity index (χ3v) is 9.23. The SMILES string of the molecule is CCc1c(N)cccc1C(=O)N[C@@H](Cc1ccccc1)[C@H](O)C(=O)N1CSC(C)(C)[C@H]1C(=O)NCc1ccccc1C. The van der Waals surface area contributed by atoms with E-state index in [1.807, 2.05) is 82.3 Å². The fraction of sp³-hybridized carbons (Fsp3) is 0.364. The summed E-state index contributed by atoms with van der Waals surface area (Å²) < 4.78 is -0.582. The minimum absolute atomic E-state index is 0.220. The van der Waals surface area contributed by atoms with Gasteiger partial charge in [-0.05, 0) is 68.0 Å². The molecule has 3 aromatic rings. The normalized spacial score (nSPS) is 17.4. The van der Waals surface area contributed by atoms with Gasteiger partial charge in [0.15, 0.2) is 6.10 Å². The van der Waals surface area contributed by atoms with E-state index in [0.717, 1.165) is 16.7 Å². The first kappa shape index (κ1) is 31.1. The molecule has 1 aliphatic heterocycles. The van der Waals surface area contributed by atoms with Gasteiger partial charge in [0.05, 0.1) is 11.9 Å². The minimum Gasteiger partial charge on any atom is -0.398 e. The molecule has 0 unspecified atom stereocenters. The second-order valence-corrected chi connectivity index (χ2v) is 12.8. The van der Waals surface area contributed by atoms with Crippen molar-refractivity contribution in [1.29, 1.82) is 0 Å². The molecule has 3 aromatic carbocycles. The van der Waals surface area contributed by atoms with E-state index in [0.29, 0.717) is 29.8 Å². The highest BCUT2D eigenvalue weighted by molar-refractivity contribution is 8.00. The number of nitrogen functional groups attached to an aromatic ring is 1. The van der Waals surface area contributed by atoms with Gasteiger partial charge in [-0.15, -0.1) is 11.8 Å². The lowest BCUT2D eigenvalue weighted by atomic mass is 9.96. The largest absolute Gasteiger partial charge is 0.398 e. The maximum Gasteiger partial charge on any atom is 0.254 e. The van der Waals surface area contributed by atoms with Crippen molar-refractivity contribution < 1.29 is 19.5 Å². The number of anilines is 1. The summed E-state index contributed by atoms with van der Waals surface area (Å²) in [5.41, 5.74) is 10.6. The average Bonchev–Trinajstić information content (AvgIpc) is 3.30. The molecule has 0 aromatic heterocycles. The second-order valence-electron chi connectivity index (χ2n) is 11.2. The van der Waals surface area contributed by atoms with E-state index in [1.54, 1.807) is 18.2 Å². The van der Waals surface area contributed by atoms with Crippen molar-refractivity contribution in [3.8, 4) is 0 Å². The number of thioether (sulfide) groups is 1. The van der Waals surface area contributed by atoms with Crippen LogP contribution in [0.2, 0.25) is 0 Å². The van der Waals surface area contributed by atoms with Crippen LogP contribution in [0.5, 0.6) is 0 Å². The molecule has 1 saturated heterocycles. The molecule has 1 fully saturated rings. The first-order valence-corrected chi connectivity index (χ1v) is 15.2. The third-order valence-electron chi connectivity index (χ3n) is 7.85. The van der Waals surface area contributed by atoms with Crippen LogP contribution in [0, 0.1) is 6.92 Å². The first-order valence-electron chi connectivity index (χ1n) is 14.2. The Hall–Kier alpha value is -3.82. The quantitative estimate of drug-likeness (QED) is 0.267. The number of hydrogen-bond acceptors (Lipinski definition) is 6. The zero-order valence-corrected chi connectivity index (χ0v) is 25.4. The van der Waals surface area contributed by atoms with E-state index in [4.69, 9.17) is 5.73 Å². The number of nitrogens with two attached hydrogens (primary N) is 1. The van der Waals surface area contributed by atoms with Gasteiger partial charge in [-0.3, -0.25) is 14.4 Å². The Bertz CT molecular complexity index is 1430. The number of nitrogens with one attached hydrogen (secondary N) is 2. The summed E-state index contributed by atoms with van der Waals surface area (Å²) in [5, 5.41) is 17.4. The number of rotatable bonds is 10. The molecule has 1 heterocycles. The maximum atomic E-state index is 13.9. The van der Waals surface area contributed by atoms with Crippen molar-refractivity contribution in [3.63, 3.8) is 0 Å². The third kappa shape index (κ3) is 6.97. The molecule has 0 saturated carbocycles. The Labute approximate surface area is 252 Å². The highest BCUT2D eigenvalue weighted by atomic mass is 32.2. The Morgan fingerprint density at radius 2 is 1.74 bits per heavy atom. The number of aryl methyl sites for hydroxylation is 1. The molecule has 0 radical (unpaired) electrons. The maximum absolute atomic E-state index is 13.9. The molecular weight excluding hydrogens is 548 g/mol. The van der Waals surface area contributed by atoms with Crippen molar-refractivity contribution in [3.05, 3.63) is 101 Å². The summed E-state index contributed by atoms with van der Waals surface area (Å²) in [6.07, 6.45) is -0.807. The van der Waals surface area contributed by atoms with E-state index in [-0.39, 0.29) is 18.2 Å². The number of carbonyl (C=O) groups excluding carboxylic acids is 3. The Morgan fingerprint density at radius 1 is 1.05 bits per heavy atom. The van der Waals surface area contributed by atoms with Crippen LogP contribution in [0.4, 0.5) is 5.69 Å². The molecule has 0 bridgehead atoms. The van der Waals surface area contributed by atoms with Gasteiger partial charge in [0.25, 0.3) is 11.8 Å². The Morgan fingerprint density at radius 3 is 2.43 bits per heavy atom. The predicted octanol–water partition coefficient (Wildman–Crippen LogP) is 3.84. The van der Waals surface area contributed by atoms with Gasteiger partial charge in [-0.2, -0.15) is 0 Å². The lowest BCUT2D eigenvalue weighted by Gasteiger charge is -2.33. The van der Waals surface area contributed by atoms with Gasteiger partial charge < -0.3 is 26.4 Å². The Kier molecular flexibility index (Phi) is 9.96. The Balaban J connectivity index is 1.57. The topological polar surface area (TPSA) is 125 Å². The molecule has 1 aliphatic rings. The number of benzene rings is 3. The van der Waals surface area contributed by atoms with Crippen LogP contribution in [-0.2, 0) is 29.0 Å². The van der Waals surface area contributed by atoms with E-state index in [2.05, 4.69) is 10.6 Å². The molecule has 3 amide bonds. The van der Waals surface area contributed by atoms with Crippen LogP contribution in [0.15, 0.2) is 72.8 Å². The van der Waals surface area contributed by atoms with E-state index < -0.39 is 34.7 Å². The zero-order valence-electron chi connectivity index (χ0n) is 24.6. The predicted molar refractivity (Wildman–Crippen MR) is 168 cm³/mol. The molecule has 3 atom stereocenters. The summed E-state index contributed by atoms with van der Waals surface area (Å²) in [4.78, 5) is 42.4. The monoisotopic (exact) mass is 588 g/mol. The van der Waals surface area contributed by atoms with Crippen molar-refractivity contribution in [2.45, 2.75) is 70.0 Å². The highest BCUT2D eigenvalue weighted by Gasteiger charge is 2.49. The summed E-state index contributed by atoms with van der Waals surface area (Å²) in [5.74, 6) is -1.07. The molecular formula is C33H40N4O4S. The summed E-state index contributed by atoms with van der Waals surface area (Å²) in [6.45, 7) is 8.08. The van der Waals surface area contributed by atoms with Crippen LogP contribution in [0.1, 0.15) is 53.4 Å². The molecule has 42 heavy (non-hydrogen) atoms. The van der Waals surface area contributed by atoms with Crippen LogP contribution in [0.25, 0.3) is 0 Å². The molecule has 222 valence electrons. The number of amides is 3. The highest BCUT2D eigenvalue weighted by Crippen LogP contribution is 2.40. The van der Waals surface area contributed by atoms with Gasteiger partial charge in [0.2, 0.25) is 5.91 Å². The van der Waals surface area contributed by atoms with Crippen LogP contribution < -0.4 is 16.4 Å². The number of carbonyl (C=O) groups is 3. The van der Waals surface area contributed by atoms with Gasteiger partial charge in [0.1, 0.15) is 6.04 Å². The zero-order chi connectivity index (χ0) is 30.4. The van der Waals surface area contributed by atoms with Crippen molar-refractivity contribution in [2.75, 3.05) is 11.6 Å². The van der Waals surface area contributed by atoms with Gasteiger partial charge in [-0.1, -0.05) is 67.6 Å². The fourth-order valence-corrected chi connectivity index (χ4v) is 6.55. The number of nitrogens with zero attached hydrogens (tertiary/aromatic N) is 1. The minimum atomic E-state index is -1.58. The van der Waals surface area contributed by atoms with Gasteiger partial charge in [-0.25, -0.2) is 0 Å². The van der Waals surface area contributed by atoms with Crippen LogP contribution >= 0.6 is 11.8 Å². The van der Waals surface area contributed by atoms with Crippen molar-refractivity contribution in [2.24, 2.45) is 0 Å². The summed E-state index contributed by atoms with van der Waals surface area (Å²) in [7, 11) is 0. The van der Waals surface area contributed by atoms with E-state index in [1.165, 1.54) is 16.7 Å². The summed E-state index contributed by atoms with van der Waals surface area (Å²) >= 11 is 1.48. The van der Waals surface area contributed by atoms with Crippen LogP contribution in [-0.4, -0.2) is 56.5 Å². The smallest absolute Gasteiger partial charge is 0.254 e. The lowest BCUT2D eigenvalue weighted by Crippen LogP contribution is -2.58. The molecule has 5 N–H and O–H groups in total. The molecule has 0 spiro atoms. The number of aliphatic hydroxyl groups is 1. The molecule has 0 aliphatic carbocycles. The molecule has 4 rings (SSSR count). The number of hydrogen-bond donors (Lipinski definition) is 4. The van der Waals surface area contributed by atoms with E-state index in [9.17, 15) is 19.5 Å². The lowest BCUT2D eigenvalue weighted by molar-refractivity contribution is -0.147. The number of aliphatic hydroxyl groups excluding tert-OH is 1. The average molecular weight is 589 g/mol. The first-order chi connectivity index (χ1) is 20.0. The van der Waals surface area contributed by atoms with Crippen molar-refractivity contribution in [1.82, 2.24) is 15.5 Å². The van der Waals surface area contributed by atoms with Crippen LogP contribution in [0.3, 0.4) is 0 Å². The standard InChI is InChI=1S/C33H40N4O4S/c1-5-24-25(16-11-17-26(24)34)30(39)36-27(18-22-13-7-6-8-14-22)28(38)32(41)37-20-42-33(3,4)29(37)31(40)35-19-23-15-10-9-12-21(23)2/h6-17,27-29,38H,5,18-20,34H2,1-4H3,(H,35,40)(H,36,39)/t27-,28-,29+/m0/s1. The fourth-order valence-electron chi connectivity index (χ4n) is 5.41.